The molecule has 3 rings (SSSR count). The highest BCUT2D eigenvalue weighted by Gasteiger charge is 2.07. The summed E-state index contributed by atoms with van der Waals surface area (Å²) in [7, 11) is 0. The first kappa shape index (κ1) is 19.8. The van der Waals surface area contributed by atoms with E-state index in [0.29, 0.717) is 24.4 Å². The van der Waals surface area contributed by atoms with Crippen LogP contribution in [-0.4, -0.2) is 28.8 Å². The molecule has 0 aliphatic rings. The fourth-order valence-corrected chi connectivity index (χ4v) is 3.06. The molecule has 1 heterocycles. The molecule has 0 saturated heterocycles. The maximum atomic E-state index is 12.2. The highest BCUT2D eigenvalue weighted by atomic mass is 79.9. The summed E-state index contributed by atoms with van der Waals surface area (Å²) >= 11 is 3.34. The molecule has 7 heteroatoms. The molecular formula is C21H20BrN3O3. The maximum absolute atomic E-state index is 12.2. The summed E-state index contributed by atoms with van der Waals surface area (Å²) in [6.45, 7) is 3.11. The van der Waals surface area contributed by atoms with Crippen molar-refractivity contribution >= 4 is 21.8 Å². The van der Waals surface area contributed by atoms with Crippen molar-refractivity contribution in [3.8, 4) is 17.0 Å². The molecule has 1 N–H and O–H groups in total. The zero-order chi connectivity index (χ0) is 19.9. The second-order valence-corrected chi connectivity index (χ2v) is 6.92. The van der Waals surface area contributed by atoms with Crippen LogP contribution in [0.2, 0.25) is 0 Å². The van der Waals surface area contributed by atoms with Crippen LogP contribution >= 0.6 is 15.9 Å². The van der Waals surface area contributed by atoms with E-state index in [9.17, 15) is 9.59 Å². The quantitative estimate of drug-likeness (QED) is 0.608. The summed E-state index contributed by atoms with van der Waals surface area (Å²) in [4.78, 5) is 24.3. The molecule has 1 amide bonds. The zero-order valence-electron chi connectivity index (χ0n) is 15.4. The topological polar surface area (TPSA) is 73.2 Å². The maximum Gasteiger partial charge on any atom is 0.266 e. The van der Waals surface area contributed by atoms with Crippen molar-refractivity contribution in [2.75, 3.05) is 13.2 Å². The SMILES string of the molecule is CCOc1ccc(-c2ccc(=O)n(CCNC(=O)c3cccc(Br)c3)n2)cc1. The number of hydrogen-bond acceptors (Lipinski definition) is 4. The van der Waals surface area contributed by atoms with Gasteiger partial charge in [0.05, 0.1) is 18.8 Å². The summed E-state index contributed by atoms with van der Waals surface area (Å²) in [6, 6.07) is 17.8. The standard InChI is InChI=1S/C21H20BrN3O3/c1-2-28-18-8-6-15(7-9-18)19-10-11-20(26)25(24-19)13-12-23-21(27)16-4-3-5-17(22)14-16/h3-11,14H,2,12-13H2,1H3,(H,23,27). The van der Waals surface area contributed by atoms with E-state index in [1.165, 1.54) is 10.7 Å². The van der Waals surface area contributed by atoms with Crippen LogP contribution in [0.5, 0.6) is 5.75 Å². The second-order valence-electron chi connectivity index (χ2n) is 6.00. The first-order valence-electron chi connectivity index (χ1n) is 8.92. The molecule has 0 aliphatic carbocycles. The Morgan fingerprint density at radius 1 is 1.14 bits per heavy atom. The molecule has 2 aromatic carbocycles. The number of hydrogen-bond donors (Lipinski definition) is 1. The van der Waals surface area contributed by atoms with Crippen molar-refractivity contribution < 1.29 is 9.53 Å². The molecule has 0 aliphatic heterocycles. The Morgan fingerprint density at radius 2 is 1.93 bits per heavy atom. The third-order valence-corrected chi connectivity index (χ3v) is 4.52. The van der Waals surface area contributed by atoms with Gasteiger partial charge in [-0.15, -0.1) is 0 Å². The number of aromatic nitrogens is 2. The highest BCUT2D eigenvalue weighted by molar-refractivity contribution is 9.10. The van der Waals surface area contributed by atoms with Crippen molar-refractivity contribution in [1.29, 1.82) is 0 Å². The number of carbonyl (C=O) groups is 1. The normalized spacial score (nSPS) is 10.5. The van der Waals surface area contributed by atoms with E-state index in [0.717, 1.165) is 15.8 Å². The van der Waals surface area contributed by atoms with E-state index in [-0.39, 0.29) is 18.0 Å². The Hall–Kier alpha value is -2.93. The van der Waals surface area contributed by atoms with E-state index in [4.69, 9.17) is 4.74 Å². The number of nitrogens with one attached hydrogen (secondary N) is 1. The van der Waals surface area contributed by atoms with Gasteiger partial charge in [-0.3, -0.25) is 9.59 Å². The second kappa shape index (κ2) is 9.32. The third kappa shape index (κ3) is 5.07. The Balaban J connectivity index is 1.66. The molecule has 0 bridgehead atoms. The molecule has 144 valence electrons. The van der Waals surface area contributed by atoms with Gasteiger partial charge in [0.1, 0.15) is 5.75 Å². The van der Waals surface area contributed by atoms with Gasteiger partial charge in [0.25, 0.3) is 11.5 Å². The van der Waals surface area contributed by atoms with Gasteiger partial charge in [-0.05, 0) is 55.5 Å². The predicted molar refractivity (Wildman–Crippen MR) is 112 cm³/mol. The van der Waals surface area contributed by atoms with Crippen LogP contribution in [0.25, 0.3) is 11.3 Å². The number of halogens is 1. The molecule has 0 unspecified atom stereocenters. The van der Waals surface area contributed by atoms with Gasteiger partial charge >= 0.3 is 0 Å². The molecule has 0 radical (unpaired) electrons. The molecule has 0 fully saturated rings. The molecule has 28 heavy (non-hydrogen) atoms. The van der Waals surface area contributed by atoms with E-state index in [2.05, 4.69) is 26.3 Å². The van der Waals surface area contributed by atoms with Crippen molar-refractivity contribution in [1.82, 2.24) is 15.1 Å². The number of rotatable bonds is 7. The van der Waals surface area contributed by atoms with Gasteiger partial charge in [-0.2, -0.15) is 5.10 Å². The van der Waals surface area contributed by atoms with Crippen molar-refractivity contribution in [2.45, 2.75) is 13.5 Å². The lowest BCUT2D eigenvalue weighted by atomic mass is 10.1. The lowest BCUT2D eigenvalue weighted by Gasteiger charge is -2.09. The number of nitrogens with zero attached hydrogens (tertiary/aromatic N) is 2. The lowest BCUT2D eigenvalue weighted by Crippen LogP contribution is -2.31. The van der Waals surface area contributed by atoms with Gasteiger partial charge in [0, 0.05) is 28.2 Å². The summed E-state index contributed by atoms with van der Waals surface area (Å²) in [5, 5.41) is 7.21. The van der Waals surface area contributed by atoms with Crippen LogP contribution in [0.15, 0.2) is 69.9 Å². The Labute approximate surface area is 171 Å². The van der Waals surface area contributed by atoms with Crippen LogP contribution < -0.4 is 15.6 Å². The van der Waals surface area contributed by atoms with E-state index in [1.807, 2.05) is 37.3 Å². The molecule has 0 atom stereocenters. The van der Waals surface area contributed by atoms with Crippen LogP contribution in [0, 0.1) is 0 Å². The minimum absolute atomic E-state index is 0.197. The first-order valence-corrected chi connectivity index (χ1v) is 9.71. The van der Waals surface area contributed by atoms with Gasteiger partial charge < -0.3 is 10.1 Å². The third-order valence-electron chi connectivity index (χ3n) is 4.02. The highest BCUT2D eigenvalue weighted by Crippen LogP contribution is 2.19. The van der Waals surface area contributed by atoms with Gasteiger partial charge in [0.2, 0.25) is 0 Å². The molecule has 3 aromatic rings. The molecule has 0 spiro atoms. The van der Waals surface area contributed by atoms with E-state index >= 15 is 0 Å². The summed E-state index contributed by atoms with van der Waals surface area (Å²) in [6.07, 6.45) is 0. The Bertz CT molecular complexity index is 1020. The number of ether oxygens (including phenoxy) is 1. The largest absolute Gasteiger partial charge is 0.494 e. The molecule has 0 saturated carbocycles. The lowest BCUT2D eigenvalue weighted by molar-refractivity contribution is 0.0951. The van der Waals surface area contributed by atoms with Crippen molar-refractivity contribution in [3.05, 3.63) is 81.1 Å². The molecule has 1 aromatic heterocycles. The molecule has 6 nitrogen and oxygen atoms in total. The van der Waals surface area contributed by atoms with Crippen molar-refractivity contribution in [3.63, 3.8) is 0 Å². The minimum Gasteiger partial charge on any atom is -0.494 e. The van der Waals surface area contributed by atoms with Crippen molar-refractivity contribution in [2.24, 2.45) is 0 Å². The van der Waals surface area contributed by atoms with Crippen LogP contribution in [0.1, 0.15) is 17.3 Å². The fraction of sp³-hybridized carbons (Fsp3) is 0.190. The van der Waals surface area contributed by atoms with Gasteiger partial charge in [0.15, 0.2) is 0 Å². The Morgan fingerprint density at radius 3 is 2.64 bits per heavy atom. The smallest absolute Gasteiger partial charge is 0.266 e. The average Bonchev–Trinajstić information content (AvgIpc) is 2.70. The summed E-state index contributed by atoms with van der Waals surface area (Å²) < 4.78 is 7.63. The Kier molecular flexibility index (Phi) is 6.60. The van der Waals surface area contributed by atoms with E-state index < -0.39 is 0 Å². The fourth-order valence-electron chi connectivity index (χ4n) is 2.66. The van der Waals surface area contributed by atoms with Gasteiger partial charge in [-0.25, -0.2) is 4.68 Å². The van der Waals surface area contributed by atoms with Crippen LogP contribution in [0.3, 0.4) is 0 Å². The monoisotopic (exact) mass is 441 g/mol. The number of amides is 1. The van der Waals surface area contributed by atoms with E-state index in [1.54, 1.807) is 24.3 Å². The number of carbonyl (C=O) groups excluding carboxylic acids is 1. The average molecular weight is 442 g/mol. The number of benzene rings is 2. The minimum atomic E-state index is -0.216. The summed E-state index contributed by atoms with van der Waals surface area (Å²) in [5.41, 5.74) is 1.90. The summed E-state index contributed by atoms with van der Waals surface area (Å²) in [5.74, 6) is 0.590. The zero-order valence-corrected chi connectivity index (χ0v) is 17.0. The van der Waals surface area contributed by atoms with Gasteiger partial charge in [-0.1, -0.05) is 22.0 Å². The first-order chi connectivity index (χ1) is 13.6. The molecular weight excluding hydrogens is 422 g/mol. The van der Waals surface area contributed by atoms with Crippen LogP contribution in [0.4, 0.5) is 0 Å². The van der Waals surface area contributed by atoms with Crippen LogP contribution in [-0.2, 0) is 6.54 Å². The predicted octanol–water partition coefficient (Wildman–Crippen LogP) is 3.50.